The summed E-state index contributed by atoms with van der Waals surface area (Å²) in [4.78, 5) is 27.9. The smallest absolute Gasteiger partial charge is 0.328 e. The molecule has 0 bridgehead atoms. The first-order valence-corrected chi connectivity index (χ1v) is 12.7. The Morgan fingerprint density at radius 1 is 1.06 bits per heavy atom. The topological polar surface area (TPSA) is 108 Å². The average Bonchev–Trinajstić information content (AvgIpc) is 3.22. The number of amides is 1. The molecule has 2 aliphatic heterocycles. The number of hydrogen-bond acceptors (Lipinski definition) is 6. The summed E-state index contributed by atoms with van der Waals surface area (Å²) in [7, 11) is -2.32. The van der Waals surface area contributed by atoms with Gasteiger partial charge in [-0.25, -0.2) is 13.2 Å². The standard InChI is InChI=1S/C23H29N3O5S/c1-31-23(28)21-14-18-4-2-3-5-20(18)26(21)22(27)17-10-12-25(13-11-17)32(29,30)19-8-6-16(15-24)7-9-19/h6-9,17-18,20-21H,2-5,10-14H2,1H3. The van der Waals surface area contributed by atoms with Crippen molar-refractivity contribution in [3.8, 4) is 6.07 Å². The van der Waals surface area contributed by atoms with Crippen LogP contribution in [0, 0.1) is 23.2 Å². The minimum absolute atomic E-state index is 0.0368. The lowest BCUT2D eigenvalue weighted by molar-refractivity contribution is -0.154. The van der Waals surface area contributed by atoms with Crippen LogP contribution in [0.4, 0.5) is 0 Å². The van der Waals surface area contributed by atoms with E-state index in [-0.39, 0.29) is 41.8 Å². The summed E-state index contributed by atoms with van der Waals surface area (Å²) in [5.41, 5.74) is 0.403. The molecule has 3 fully saturated rings. The van der Waals surface area contributed by atoms with Crippen LogP contribution in [0.3, 0.4) is 0 Å². The molecule has 2 heterocycles. The molecule has 32 heavy (non-hydrogen) atoms. The number of carbonyl (C=O) groups excluding carboxylic acids is 2. The number of methoxy groups -OCH3 is 1. The molecule has 2 saturated heterocycles. The van der Waals surface area contributed by atoms with E-state index in [0.29, 0.717) is 30.7 Å². The Morgan fingerprint density at radius 3 is 2.34 bits per heavy atom. The highest BCUT2D eigenvalue weighted by Gasteiger charge is 2.49. The van der Waals surface area contributed by atoms with Gasteiger partial charge < -0.3 is 9.64 Å². The van der Waals surface area contributed by atoms with Crippen LogP contribution in [0.15, 0.2) is 29.2 Å². The van der Waals surface area contributed by atoms with Gasteiger partial charge in [0, 0.05) is 25.0 Å². The van der Waals surface area contributed by atoms with Gasteiger partial charge in [-0.3, -0.25) is 4.79 Å². The maximum atomic E-state index is 13.5. The van der Waals surface area contributed by atoms with E-state index < -0.39 is 16.1 Å². The molecule has 1 aliphatic carbocycles. The maximum Gasteiger partial charge on any atom is 0.328 e. The molecule has 3 unspecified atom stereocenters. The lowest BCUT2D eigenvalue weighted by Gasteiger charge is -2.38. The van der Waals surface area contributed by atoms with E-state index in [1.54, 1.807) is 4.90 Å². The van der Waals surface area contributed by atoms with Crippen molar-refractivity contribution >= 4 is 21.9 Å². The van der Waals surface area contributed by atoms with Crippen molar-refractivity contribution in [1.29, 1.82) is 5.26 Å². The number of carbonyl (C=O) groups is 2. The molecule has 0 spiro atoms. The molecule has 1 aromatic rings. The lowest BCUT2D eigenvalue weighted by atomic mass is 9.84. The van der Waals surface area contributed by atoms with Crippen molar-refractivity contribution in [3.63, 3.8) is 0 Å². The summed E-state index contributed by atoms with van der Waals surface area (Å²) in [5.74, 6) is -0.345. The van der Waals surface area contributed by atoms with Gasteiger partial charge in [0.05, 0.1) is 23.6 Å². The number of hydrogen-bond donors (Lipinski definition) is 0. The summed E-state index contributed by atoms with van der Waals surface area (Å²) >= 11 is 0. The van der Waals surface area contributed by atoms with Crippen molar-refractivity contribution in [2.75, 3.05) is 20.2 Å². The summed E-state index contributed by atoms with van der Waals surface area (Å²) in [6, 6.07) is 7.41. The third-order valence-electron chi connectivity index (χ3n) is 7.24. The number of likely N-dealkylation sites (tertiary alicyclic amines) is 1. The average molecular weight is 460 g/mol. The van der Waals surface area contributed by atoms with Gasteiger partial charge in [-0.05, 0) is 62.3 Å². The Hall–Kier alpha value is -2.44. The fourth-order valence-electron chi connectivity index (χ4n) is 5.53. The van der Waals surface area contributed by atoms with E-state index in [1.165, 1.54) is 35.7 Å². The number of nitrogens with zero attached hydrogens (tertiary/aromatic N) is 3. The minimum atomic E-state index is -3.68. The van der Waals surface area contributed by atoms with Crippen molar-refractivity contribution in [2.24, 2.45) is 11.8 Å². The summed E-state index contributed by atoms with van der Waals surface area (Å²) < 4.78 is 32.3. The fourth-order valence-corrected chi connectivity index (χ4v) is 7.00. The van der Waals surface area contributed by atoms with Crippen LogP contribution in [-0.2, 0) is 24.3 Å². The van der Waals surface area contributed by atoms with Crippen molar-refractivity contribution in [2.45, 2.75) is 61.9 Å². The number of piperidine rings is 1. The molecule has 3 atom stereocenters. The SMILES string of the molecule is COC(=O)C1CC2CCCCC2N1C(=O)C1CCN(S(=O)(=O)c2ccc(C#N)cc2)CC1. The van der Waals surface area contributed by atoms with Crippen LogP contribution in [-0.4, -0.2) is 61.8 Å². The Kier molecular flexibility index (Phi) is 6.54. The van der Waals surface area contributed by atoms with Gasteiger partial charge in [0.15, 0.2) is 0 Å². The zero-order valence-electron chi connectivity index (χ0n) is 18.3. The quantitative estimate of drug-likeness (QED) is 0.640. The van der Waals surface area contributed by atoms with E-state index in [4.69, 9.17) is 10.00 Å². The van der Waals surface area contributed by atoms with Gasteiger partial charge in [0.2, 0.25) is 15.9 Å². The predicted molar refractivity (Wildman–Crippen MR) is 116 cm³/mol. The van der Waals surface area contributed by atoms with E-state index in [2.05, 4.69) is 0 Å². The van der Waals surface area contributed by atoms with E-state index in [1.807, 2.05) is 6.07 Å². The molecule has 1 aromatic carbocycles. The van der Waals surface area contributed by atoms with E-state index >= 15 is 0 Å². The van der Waals surface area contributed by atoms with Crippen molar-refractivity contribution in [3.05, 3.63) is 29.8 Å². The van der Waals surface area contributed by atoms with E-state index in [9.17, 15) is 18.0 Å². The number of esters is 1. The minimum Gasteiger partial charge on any atom is -0.467 e. The largest absolute Gasteiger partial charge is 0.467 e. The van der Waals surface area contributed by atoms with Gasteiger partial charge in [-0.1, -0.05) is 12.8 Å². The third kappa shape index (κ3) is 4.14. The van der Waals surface area contributed by atoms with Crippen molar-refractivity contribution in [1.82, 2.24) is 9.21 Å². The Balaban J connectivity index is 1.45. The molecular formula is C23H29N3O5S. The summed E-state index contributed by atoms with van der Waals surface area (Å²) in [5, 5.41) is 8.92. The lowest BCUT2D eigenvalue weighted by Crippen LogP contribution is -2.51. The zero-order valence-corrected chi connectivity index (χ0v) is 19.1. The highest BCUT2D eigenvalue weighted by Crippen LogP contribution is 2.41. The number of sulfonamides is 1. The predicted octanol–water partition coefficient (Wildman–Crippen LogP) is 2.29. The number of nitriles is 1. The van der Waals surface area contributed by atoms with Gasteiger partial charge in [0.25, 0.3) is 0 Å². The van der Waals surface area contributed by atoms with Crippen LogP contribution in [0.2, 0.25) is 0 Å². The Bertz CT molecular complexity index is 1010. The van der Waals surface area contributed by atoms with Gasteiger partial charge in [-0.15, -0.1) is 0 Å². The van der Waals surface area contributed by atoms with Crippen LogP contribution in [0.5, 0.6) is 0 Å². The fraction of sp³-hybridized carbons (Fsp3) is 0.609. The number of rotatable bonds is 4. The van der Waals surface area contributed by atoms with Gasteiger partial charge in [0.1, 0.15) is 6.04 Å². The zero-order chi connectivity index (χ0) is 22.9. The molecule has 1 saturated carbocycles. The molecule has 172 valence electrons. The van der Waals surface area contributed by atoms with Crippen LogP contribution >= 0.6 is 0 Å². The summed E-state index contributed by atoms with van der Waals surface area (Å²) in [6.07, 6.45) is 5.64. The van der Waals surface area contributed by atoms with Gasteiger partial charge in [-0.2, -0.15) is 9.57 Å². The second-order valence-corrected chi connectivity index (χ2v) is 10.9. The molecule has 8 nitrogen and oxygen atoms in total. The normalized spacial score (nSPS) is 26.9. The molecule has 0 radical (unpaired) electrons. The number of ether oxygens (including phenoxy) is 1. The monoisotopic (exact) mass is 459 g/mol. The highest BCUT2D eigenvalue weighted by molar-refractivity contribution is 7.89. The first-order valence-electron chi connectivity index (χ1n) is 11.3. The maximum absolute atomic E-state index is 13.5. The molecule has 3 aliphatic rings. The van der Waals surface area contributed by atoms with Crippen LogP contribution < -0.4 is 0 Å². The molecule has 1 amide bonds. The first kappa shape index (κ1) is 22.7. The molecule has 0 N–H and O–H groups in total. The number of benzene rings is 1. The molecule has 0 aromatic heterocycles. The highest BCUT2D eigenvalue weighted by atomic mass is 32.2. The molecule has 9 heteroatoms. The van der Waals surface area contributed by atoms with Crippen LogP contribution in [0.25, 0.3) is 0 Å². The second-order valence-electron chi connectivity index (χ2n) is 8.95. The first-order chi connectivity index (χ1) is 15.4. The molecular weight excluding hydrogens is 430 g/mol. The van der Waals surface area contributed by atoms with E-state index in [0.717, 1.165) is 25.7 Å². The molecule has 4 rings (SSSR count). The van der Waals surface area contributed by atoms with Gasteiger partial charge >= 0.3 is 5.97 Å². The number of fused-ring (bicyclic) bond motifs is 1. The third-order valence-corrected chi connectivity index (χ3v) is 9.15. The van der Waals surface area contributed by atoms with Crippen LogP contribution in [0.1, 0.15) is 50.5 Å². The second kappa shape index (κ2) is 9.20. The summed E-state index contributed by atoms with van der Waals surface area (Å²) in [6.45, 7) is 0.507. The Labute approximate surface area is 189 Å². The van der Waals surface area contributed by atoms with Crippen molar-refractivity contribution < 1.29 is 22.7 Å². The Morgan fingerprint density at radius 2 is 1.72 bits per heavy atom.